The summed E-state index contributed by atoms with van der Waals surface area (Å²) >= 11 is 0.702. The maximum Gasteiger partial charge on any atom is 0.291 e. The Morgan fingerprint density at radius 3 is 2.63 bits per heavy atom. The average molecular weight is 561 g/mol. The lowest BCUT2D eigenvalue weighted by atomic mass is 10.1. The molecule has 0 bridgehead atoms. The van der Waals surface area contributed by atoms with E-state index in [1.54, 1.807) is 13.2 Å². The Morgan fingerprint density at radius 2 is 2.00 bits per heavy atom. The van der Waals surface area contributed by atoms with Gasteiger partial charge in [-0.1, -0.05) is 17.4 Å². The van der Waals surface area contributed by atoms with Gasteiger partial charge in [0.1, 0.15) is 17.7 Å². The second-order valence-electron chi connectivity index (χ2n) is 9.36. The predicted octanol–water partition coefficient (Wildman–Crippen LogP) is 3.31. The summed E-state index contributed by atoms with van der Waals surface area (Å²) in [5.74, 6) is 0.655. The van der Waals surface area contributed by atoms with Crippen LogP contribution >= 0.6 is 11.3 Å². The zero-order valence-electron chi connectivity index (χ0n) is 20.1. The molecular formula is C23H22F2N8O3S2. The molecule has 3 aromatic heterocycles. The van der Waals surface area contributed by atoms with E-state index in [0.717, 1.165) is 12.8 Å². The van der Waals surface area contributed by atoms with Crippen LogP contribution in [0.1, 0.15) is 37.1 Å². The van der Waals surface area contributed by atoms with Crippen molar-refractivity contribution in [2.75, 3.05) is 25.1 Å². The third kappa shape index (κ3) is 4.17. The average Bonchev–Trinajstić information content (AvgIpc) is 3.36. The molecule has 0 amide bonds. The summed E-state index contributed by atoms with van der Waals surface area (Å²) in [4.78, 5) is 11.1. The summed E-state index contributed by atoms with van der Waals surface area (Å²) in [5.41, 5.74) is -0.303. The highest BCUT2D eigenvalue weighted by Crippen LogP contribution is 2.40. The molecule has 6 rings (SSSR count). The minimum Gasteiger partial charge on any atom is -0.381 e. The molecule has 11 nitrogen and oxygen atoms in total. The number of nitrogens with zero attached hydrogens (tertiary/aromatic N) is 7. The van der Waals surface area contributed by atoms with Gasteiger partial charge in [-0.05, 0) is 37.8 Å². The number of hydrogen-bond donors (Lipinski definition) is 1. The Hall–Kier alpha value is -3.32. The maximum absolute atomic E-state index is 13.4. The first-order chi connectivity index (χ1) is 18.2. The zero-order valence-corrected chi connectivity index (χ0v) is 21.8. The van der Waals surface area contributed by atoms with Crippen LogP contribution in [0.2, 0.25) is 0 Å². The van der Waals surface area contributed by atoms with E-state index in [-0.39, 0.29) is 16.1 Å². The van der Waals surface area contributed by atoms with Crippen LogP contribution in [0.25, 0.3) is 27.1 Å². The second-order valence-corrected chi connectivity index (χ2v) is 12.0. The van der Waals surface area contributed by atoms with Crippen molar-refractivity contribution in [3.05, 3.63) is 29.5 Å². The van der Waals surface area contributed by atoms with E-state index in [4.69, 9.17) is 4.74 Å². The van der Waals surface area contributed by atoms with Crippen LogP contribution in [0, 0.1) is 11.3 Å². The molecule has 0 atom stereocenters. The Morgan fingerprint density at radius 1 is 1.24 bits per heavy atom. The van der Waals surface area contributed by atoms with Gasteiger partial charge in [-0.3, -0.25) is 4.57 Å². The van der Waals surface area contributed by atoms with Gasteiger partial charge in [-0.25, -0.2) is 27.2 Å². The largest absolute Gasteiger partial charge is 0.381 e. The van der Waals surface area contributed by atoms with Crippen molar-refractivity contribution in [1.29, 1.82) is 5.26 Å². The lowest BCUT2D eigenvalue weighted by Gasteiger charge is -2.32. The van der Waals surface area contributed by atoms with Crippen LogP contribution in [-0.2, 0) is 14.8 Å². The van der Waals surface area contributed by atoms with Crippen molar-refractivity contribution in [1.82, 2.24) is 29.5 Å². The topological polar surface area (TPSA) is 139 Å². The van der Waals surface area contributed by atoms with Gasteiger partial charge in [0, 0.05) is 25.6 Å². The van der Waals surface area contributed by atoms with E-state index in [1.165, 1.54) is 23.0 Å². The van der Waals surface area contributed by atoms with Gasteiger partial charge >= 0.3 is 0 Å². The van der Waals surface area contributed by atoms with Gasteiger partial charge in [0.05, 0.1) is 28.0 Å². The Bertz CT molecular complexity index is 1690. The van der Waals surface area contributed by atoms with Gasteiger partial charge in [-0.2, -0.15) is 9.98 Å². The number of piperidine rings is 1. The first-order valence-corrected chi connectivity index (χ1v) is 14.2. The molecule has 15 heteroatoms. The van der Waals surface area contributed by atoms with Crippen molar-refractivity contribution in [3.8, 4) is 11.2 Å². The summed E-state index contributed by atoms with van der Waals surface area (Å²) < 4.78 is 62.6. The van der Waals surface area contributed by atoms with Gasteiger partial charge in [0.15, 0.2) is 10.7 Å². The summed E-state index contributed by atoms with van der Waals surface area (Å²) in [6.07, 6.45) is 1.24. The van der Waals surface area contributed by atoms with Crippen LogP contribution in [0.3, 0.4) is 0 Å². The monoisotopic (exact) mass is 560 g/mol. The van der Waals surface area contributed by atoms with Crippen molar-refractivity contribution < 1.29 is 21.9 Å². The number of benzene rings is 1. The molecule has 4 heterocycles. The lowest BCUT2D eigenvalue weighted by Crippen LogP contribution is -2.37. The number of rotatable bonds is 7. The minimum absolute atomic E-state index is 0.0652. The van der Waals surface area contributed by atoms with Crippen LogP contribution < -0.4 is 9.62 Å². The molecule has 0 radical (unpaired) electrons. The van der Waals surface area contributed by atoms with Gasteiger partial charge in [0.25, 0.3) is 6.43 Å². The Kier molecular flexibility index (Phi) is 6.02. The number of ether oxygens (including phenoxy) is 1. The molecule has 198 valence electrons. The minimum atomic E-state index is -4.04. The molecule has 0 unspecified atom stereocenters. The predicted molar refractivity (Wildman–Crippen MR) is 135 cm³/mol. The highest BCUT2D eigenvalue weighted by molar-refractivity contribution is 7.89. The number of methoxy groups -OCH3 is 1. The highest BCUT2D eigenvalue weighted by Gasteiger charge is 2.47. The molecule has 4 aromatic rings. The van der Waals surface area contributed by atoms with E-state index in [2.05, 4.69) is 29.8 Å². The molecule has 1 aliphatic carbocycles. The van der Waals surface area contributed by atoms with Crippen molar-refractivity contribution >= 4 is 49.1 Å². The lowest BCUT2D eigenvalue weighted by molar-refractivity contribution is 0.0818. The number of nitrogens with one attached hydrogen (secondary N) is 1. The normalized spacial score (nSPS) is 17.9. The molecule has 1 aromatic carbocycles. The first-order valence-electron chi connectivity index (χ1n) is 11.9. The van der Waals surface area contributed by atoms with Gasteiger partial charge in [-0.15, -0.1) is 10.2 Å². The molecule has 1 aliphatic heterocycles. The number of anilines is 1. The number of alkyl halides is 2. The Labute approximate surface area is 220 Å². The van der Waals surface area contributed by atoms with Crippen LogP contribution in [0.15, 0.2) is 29.4 Å². The number of aromatic nitrogens is 5. The number of sulfonamides is 1. The third-order valence-electron chi connectivity index (χ3n) is 6.99. The summed E-state index contributed by atoms with van der Waals surface area (Å²) in [7, 11) is -2.35. The molecule has 1 N–H and O–H groups in total. The maximum atomic E-state index is 13.4. The molecule has 0 spiro atoms. The summed E-state index contributed by atoms with van der Waals surface area (Å²) in [6, 6.07) is 6.57. The van der Waals surface area contributed by atoms with Crippen LogP contribution in [0.4, 0.5) is 14.6 Å². The smallest absolute Gasteiger partial charge is 0.291 e. The van der Waals surface area contributed by atoms with Gasteiger partial charge < -0.3 is 9.64 Å². The highest BCUT2D eigenvalue weighted by atomic mass is 32.2. The van der Waals surface area contributed by atoms with Gasteiger partial charge in [0.2, 0.25) is 15.2 Å². The number of hydrogen-bond acceptors (Lipinski definition) is 10. The van der Waals surface area contributed by atoms with E-state index in [9.17, 15) is 22.5 Å². The summed E-state index contributed by atoms with van der Waals surface area (Å²) in [6.45, 7) is 1.39. The van der Waals surface area contributed by atoms with E-state index in [1.807, 2.05) is 6.07 Å². The number of halogens is 2. The third-order valence-corrected chi connectivity index (χ3v) is 9.44. The SMILES string of the molecule is COC1CCN(c2ncnc3c2c2ccc(S(=O)(=O)NC4(C#N)CC4)cc2n3-c2nnc(C(F)F)s2)CC1. The van der Waals surface area contributed by atoms with E-state index in [0.29, 0.717) is 65.0 Å². The number of nitriles is 1. The standard InChI is InChI=1S/C23H22F2N8O3S2/c1-36-13-4-8-32(9-5-13)19-17-15-3-2-14(38(34,35)31-23(11-26)6-7-23)10-16(15)33(20(17)28-12-27-19)22-30-29-21(37-22)18(24)25/h2-3,10,12-13,18,31H,4-9H2,1H3. The fourth-order valence-electron chi connectivity index (χ4n) is 4.79. The fourth-order valence-corrected chi connectivity index (χ4v) is 6.90. The molecule has 2 aliphatic rings. The molecular weight excluding hydrogens is 538 g/mol. The zero-order chi connectivity index (χ0) is 26.7. The Balaban J connectivity index is 1.55. The van der Waals surface area contributed by atoms with E-state index < -0.39 is 27.0 Å². The molecule has 1 saturated carbocycles. The molecule has 1 saturated heterocycles. The summed E-state index contributed by atoms with van der Waals surface area (Å²) in [5, 5.41) is 17.9. The second kappa shape index (κ2) is 9.16. The van der Waals surface area contributed by atoms with Crippen molar-refractivity contribution in [3.63, 3.8) is 0 Å². The van der Waals surface area contributed by atoms with Crippen molar-refractivity contribution in [2.45, 2.75) is 48.6 Å². The van der Waals surface area contributed by atoms with Crippen LogP contribution in [0.5, 0.6) is 0 Å². The number of fused-ring (bicyclic) bond motifs is 3. The molecule has 38 heavy (non-hydrogen) atoms. The first kappa shape index (κ1) is 25.0. The van der Waals surface area contributed by atoms with E-state index >= 15 is 0 Å². The molecule has 2 fully saturated rings. The quantitative estimate of drug-likeness (QED) is 0.361. The fraction of sp³-hybridized carbons (Fsp3) is 0.435. The van der Waals surface area contributed by atoms with Crippen LogP contribution in [-0.4, -0.2) is 65.0 Å². The van der Waals surface area contributed by atoms with Crippen molar-refractivity contribution in [2.24, 2.45) is 0 Å².